The number of alkyl halides is 6. The second-order valence-electron chi connectivity index (χ2n) is 9.58. The standard InChI is InChI=1S/C22H16F2N6OS.2C2HF3O2/c23-15-2-1-11(18-13(6-25)21(26)32-20(15)18)17-14-8-28-30-9-10-7-27-3-4-29(10)22(31)12(19(14)30)5-16(17)24;2*3-2(4,5)1(6)7/h1-2,5,8,10,27H,3-4,7,9,26H2;2*(H,6,7)/t10-;;/m1../s1. The summed E-state index contributed by atoms with van der Waals surface area (Å²) in [6, 6.07) is 5.87. The van der Waals surface area contributed by atoms with Gasteiger partial charge in [0.15, 0.2) is 0 Å². The Hall–Kier alpha value is -5.03. The smallest absolute Gasteiger partial charge is 0.475 e. The van der Waals surface area contributed by atoms with Crippen LogP contribution in [0.1, 0.15) is 15.9 Å². The molecular formula is C26H18F8N6O5S. The van der Waals surface area contributed by atoms with Gasteiger partial charge in [0.2, 0.25) is 0 Å². The first-order valence-corrected chi connectivity index (χ1v) is 13.4. The summed E-state index contributed by atoms with van der Waals surface area (Å²) in [5, 5.41) is 32.5. The molecule has 11 nitrogen and oxygen atoms in total. The van der Waals surface area contributed by atoms with Gasteiger partial charge in [-0.2, -0.15) is 36.7 Å². The van der Waals surface area contributed by atoms with Gasteiger partial charge in [-0.25, -0.2) is 18.4 Å². The van der Waals surface area contributed by atoms with Gasteiger partial charge in [-0.05, 0) is 17.7 Å². The van der Waals surface area contributed by atoms with E-state index in [1.807, 2.05) is 6.07 Å². The average molecular weight is 679 g/mol. The first-order valence-electron chi connectivity index (χ1n) is 12.6. The quantitative estimate of drug-likeness (QED) is 0.214. The van der Waals surface area contributed by atoms with Crippen LogP contribution in [0.3, 0.4) is 0 Å². The first kappa shape index (κ1) is 33.9. The average Bonchev–Trinajstić information content (AvgIpc) is 3.50. The number of anilines is 1. The number of nitrogens with two attached hydrogens (primary N) is 1. The largest absolute Gasteiger partial charge is 0.490 e. The Morgan fingerprint density at radius 2 is 1.67 bits per heavy atom. The zero-order chi connectivity index (χ0) is 34.3. The molecule has 4 heterocycles. The van der Waals surface area contributed by atoms with Crippen molar-refractivity contribution in [2.24, 2.45) is 0 Å². The molecular weight excluding hydrogens is 660 g/mol. The fourth-order valence-corrected chi connectivity index (χ4v) is 5.83. The van der Waals surface area contributed by atoms with E-state index < -0.39 is 35.9 Å². The second-order valence-corrected chi connectivity index (χ2v) is 10.6. The first-order chi connectivity index (χ1) is 21.4. The number of aromatic nitrogens is 2. The number of fused-ring (bicyclic) bond motifs is 2. The highest BCUT2D eigenvalue weighted by molar-refractivity contribution is 7.23. The highest BCUT2D eigenvalue weighted by atomic mass is 32.1. The number of aliphatic carboxylic acids is 2. The minimum absolute atomic E-state index is 0.0855. The zero-order valence-corrected chi connectivity index (χ0v) is 23.4. The highest BCUT2D eigenvalue weighted by Gasteiger charge is 2.39. The van der Waals surface area contributed by atoms with E-state index >= 15 is 4.39 Å². The number of amides is 1. The summed E-state index contributed by atoms with van der Waals surface area (Å²) >= 11 is 0.961. The molecule has 2 aromatic carbocycles. The lowest BCUT2D eigenvalue weighted by molar-refractivity contribution is -0.193. The number of piperazine rings is 1. The molecule has 1 fully saturated rings. The summed E-state index contributed by atoms with van der Waals surface area (Å²) in [5.41, 5.74) is 7.41. The predicted molar refractivity (Wildman–Crippen MR) is 145 cm³/mol. The number of thiophene rings is 1. The lowest BCUT2D eigenvalue weighted by atomic mass is 9.94. The number of nitriles is 1. The maximum absolute atomic E-state index is 15.7. The van der Waals surface area contributed by atoms with E-state index in [1.165, 1.54) is 24.4 Å². The van der Waals surface area contributed by atoms with Crippen molar-refractivity contribution < 1.29 is 59.7 Å². The molecule has 4 aromatic rings. The molecule has 0 unspecified atom stereocenters. The summed E-state index contributed by atoms with van der Waals surface area (Å²) in [5.74, 6) is -6.90. The normalized spacial score (nSPS) is 16.0. The van der Waals surface area contributed by atoms with Gasteiger partial charge >= 0.3 is 24.3 Å². The van der Waals surface area contributed by atoms with Crippen LogP contribution in [0.2, 0.25) is 0 Å². The summed E-state index contributed by atoms with van der Waals surface area (Å²) in [6.07, 6.45) is -8.63. The van der Waals surface area contributed by atoms with Crippen LogP contribution >= 0.6 is 11.3 Å². The minimum Gasteiger partial charge on any atom is -0.475 e. The molecule has 0 saturated carbocycles. The number of nitrogen functional groups attached to an aromatic ring is 1. The van der Waals surface area contributed by atoms with Crippen molar-refractivity contribution in [3.63, 3.8) is 0 Å². The van der Waals surface area contributed by atoms with Crippen molar-refractivity contribution in [1.29, 1.82) is 5.26 Å². The van der Waals surface area contributed by atoms with Crippen molar-refractivity contribution in [3.8, 4) is 17.2 Å². The molecule has 20 heteroatoms. The molecule has 0 bridgehead atoms. The molecule has 6 rings (SSSR count). The Kier molecular flexibility index (Phi) is 9.13. The van der Waals surface area contributed by atoms with E-state index in [9.17, 15) is 40.8 Å². The third-order valence-corrected chi connectivity index (χ3v) is 7.81. The molecule has 46 heavy (non-hydrogen) atoms. The van der Waals surface area contributed by atoms with Gasteiger partial charge in [-0.1, -0.05) is 6.07 Å². The number of nitrogens with one attached hydrogen (secondary N) is 1. The third-order valence-electron chi connectivity index (χ3n) is 6.78. The number of carboxylic acid groups (broad SMARTS) is 2. The third kappa shape index (κ3) is 6.36. The fourth-order valence-electron chi connectivity index (χ4n) is 4.88. The van der Waals surface area contributed by atoms with Crippen molar-refractivity contribution in [3.05, 3.63) is 47.2 Å². The number of hydrogen-bond acceptors (Lipinski definition) is 8. The number of carbonyl (C=O) groups excluding carboxylic acids is 1. The Morgan fingerprint density at radius 1 is 1.07 bits per heavy atom. The number of carboxylic acids is 2. The van der Waals surface area contributed by atoms with E-state index in [-0.39, 0.29) is 43.7 Å². The number of nitrogens with zero attached hydrogens (tertiary/aromatic N) is 4. The molecule has 2 aliphatic heterocycles. The fraction of sp³-hybridized carbons (Fsp3) is 0.269. The summed E-state index contributed by atoms with van der Waals surface area (Å²) in [4.78, 5) is 32.9. The van der Waals surface area contributed by atoms with E-state index in [2.05, 4.69) is 10.4 Å². The van der Waals surface area contributed by atoms with Crippen LogP contribution in [-0.4, -0.2) is 80.8 Å². The van der Waals surface area contributed by atoms with Crippen molar-refractivity contribution in [2.45, 2.75) is 24.9 Å². The molecule has 1 atom stereocenters. The molecule has 1 amide bonds. The number of carbonyl (C=O) groups is 3. The van der Waals surface area contributed by atoms with Crippen molar-refractivity contribution in [1.82, 2.24) is 20.0 Å². The van der Waals surface area contributed by atoms with Gasteiger partial charge < -0.3 is 26.2 Å². The van der Waals surface area contributed by atoms with Gasteiger partial charge in [0.05, 0.1) is 40.1 Å². The van der Waals surface area contributed by atoms with Crippen LogP contribution in [0.4, 0.5) is 40.1 Å². The summed E-state index contributed by atoms with van der Waals surface area (Å²) in [6.45, 7) is 2.33. The van der Waals surface area contributed by atoms with Gasteiger partial charge in [0.25, 0.3) is 5.91 Å². The summed E-state index contributed by atoms with van der Waals surface area (Å²) in [7, 11) is 0. The zero-order valence-electron chi connectivity index (χ0n) is 22.6. The van der Waals surface area contributed by atoms with Crippen LogP contribution in [0.5, 0.6) is 0 Å². The topological polar surface area (TPSA) is 175 Å². The molecule has 2 aliphatic rings. The van der Waals surface area contributed by atoms with E-state index in [0.717, 1.165) is 11.3 Å². The van der Waals surface area contributed by atoms with Crippen LogP contribution in [0.25, 0.3) is 32.1 Å². The number of halogens is 8. The number of hydrogen-bond donors (Lipinski definition) is 4. The monoisotopic (exact) mass is 678 g/mol. The molecule has 244 valence electrons. The van der Waals surface area contributed by atoms with Crippen molar-refractivity contribution in [2.75, 3.05) is 25.4 Å². The molecule has 1 saturated heterocycles. The maximum Gasteiger partial charge on any atom is 0.490 e. The SMILES string of the molecule is N#Cc1c(N)sc2c(F)ccc(-c3c(F)cc4c5c3cnn5C[C@H]3CNCCN3C4=O)c12.O=C(O)C(F)(F)F.O=C(O)C(F)(F)F. The maximum atomic E-state index is 15.7. The lowest BCUT2D eigenvalue weighted by Gasteiger charge is -2.34. The van der Waals surface area contributed by atoms with Crippen LogP contribution in [0, 0.1) is 23.0 Å². The highest BCUT2D eigenvalue weighted by Crippen LogP contribution is 2.44. The minimum atomic E-state index is -5.08. The number of rotatable bonds is 1. The van der Waals surface area contributed by atoms with Gasteiger partial charge in [0.1, 0.15) is 22.7 Å². The van der Waals surface area contributed by atoms with Gasteiger partial charge in [-0.3, -0.25) is 9.48 Å². The lowest BCUT2D eigenvalue weighted by Crippen LogP contribution is -2.54. The van der Waals surface area contributed by atoms with Crippen molar-refractivity contribution >= 4 is 55.2 Å². The molecule has 0 spiro atoms. The van der Waals surface area contributed by atoms with Crippen LogP contribution < -0.4 is 11.1 Å². The van der Waals surface area contributed by atoms with E-state index in [4.69, 9.17) is 25.5 Å². The molecule has 2 aromatic heterocycles. The van der Waals surface area contributed by atoms with E-state index in [1.54, 1.807) is 9.58 Å². The predicted octanol–water partition coefficient (Wildman–Crippen LogP) is 4.34. The van der Waals surface area contributed by atoms with Crippen LogP contribution in [0.15, 0.2) is 24.4 Å². The Bertz CT molecular complexity index is 1890. The Balaban J connectivity index is 0.000000289. The molecule has 0 radical (unpaired) electrons. The summed E-state index contributed by atoms with van der Waals surface area (Å²) < 4.78 is 95.6. The molecule has 0 aliphatic carbocycles. The van der Waals surface area contributed by atoms with Gasteiger partial charge in [-0.15, -0.1) is 11.3 Å². The Labute approximate surface area is 255 Å². The molecule has 5 N–H and O–H groups in total. The van der Waals surface area contributed by atoms with Crippen LogP contribution in [-0.2, 0) is 16.1 Å². The Morgan fingerprint density at radius 3 is 2.24 bits per heavy atom. The van der Waals surface area contributed by atoms with Gasteiger partial charge in [0, 0.05) is 36.0 Å². The number of benzene rings is 2. The van der Waals surface area contributed by atoms with E-state index in [0.29, 0.717) is 42.6 Å². The second kappa shape index (κ2) is 12.4.